The highest BCUT2D eigenvalue weighted by Crippen LogP contribution is 2.28. The van der Waals surface area contributed by atoms with Crippen molar-refractivity contribution in [2.24, 2.45) is 0 Å². The summed E-state index contributed by atoms with van der Waals surface area (Å²) in [6.07, 6.45) is 0. The predicted octanol–water partition coefficient (Wildman–Crippen LogP) is 4.46. The number of rotatable bonds is 4. The van der Waals surface area contributed by atoms with Crippen LogP contribution in [-0.2, 0) is 0 Å². The van der Waals surface area contributed by atoms with Crippen molar-refractivity contribution in [2.45, 2.75) is 19.9 Å². The number of hydrogen-bond acceptors (Lipinski definition) is 3. The molecule has 21 heavy (non-hydrogen) atoms. The van der Waals surface area contributed by atoms with E-state index in [1.54, 1.807) is 12.1 Å². The number of ether oxygens (including phenoxy) is 1. The van der Waals surface area contributed by atoms with Gasteiger partial charge in [0.1, 0.15) is 0 Å². The van der Waals surface area contributed by atoms with Crippen molar-refractivity contribution in [3.8, 4) is 5.75 Å². The van der Waals surface area contributed by atoms with Crippen molar-refractivity contribution in [1.29, 1.82) is 0 Å². The van der Waals surface area contributed by atoms with Gasteiger partial charge in [-0.05, 0) is 59.1 Å². The van der Waals surface area contributed by atoms with Gasteiger partial charge in [0.05, 0.1) is 21.8 Å². The van der Waals surface area contributed by atoms with Crippen LogP contribution in [0, 0.1) is 12.7 Å². The molecule has 0 fully saturated rings. The zero-order valence-corrected chi connectivity index (χ0v) is 14.3. The van der Waals surface area contributed by atoms with Crippen molar-refractivity contribution in [2.75, 3.05) is 7.11 Å². The Bertz CT molecular complexity index is 652. The molecule has 1 unspecified atom stereocenters. The van der Waals surface area contributed by atoms with Crippen LogP contribution in [0.15, 0.2) is 28.1 Å². The van der Waals surface area contributed by atoms with Gasteiger partial charge in [0.2, 0.25) is 0 Å². The van der Waals surface area contributed by atoms with E-state index < -0.39 is 5.82 Å². The van der Waals surface area contributed by atoms with E-state index in [0.717, 1.165) is 9.35 Å². The summed E-state index contributed by atoms with van der Waals surface area (Å²) in [5.74, 6) is -0.418. The van der Waals surface area contributed by atoms with Gasteiger partial charge in [-0.3, -0.25) is 4.79 Å². The lowest BCUT2D eigenvalue weighted by molar-refractivity contribution is 0.0944. The third-order valence-electron chi connectivity index (χ3n) is 3.10. The number of benzene rings is 1. The molecule has 2 aromatic rings. The SMILES string of the molecule is COc1ccc(C(C)NC(=O)c2cc(C)c(Br)s2)cc1F. The van der Waals surface area contributed by atoms with E-state index in [1.807, 2.05) is 19.9 Å². The summed E-state index contributed by atoms with van der Waals surface area (Å²) in [5.41, 5.74) is 1.71. The average Bonchev–Trinajstić information content (AvgIpc) is 2.78. The second-order valence-electron chi connectivity index (χ2n) is 4.66. The molecule has 0 bridgehead atoms. The molecule has 0 saturated heterocycles. The smallest absolute Gasteiger partial charge is 0.261 e. The van der Waals surface area contributed by atoms with Crippen LogP contribution in [0.1, 0.15) is 33.8 Å². The molecule has 3 nitrogen and oxygen atoms in total. The van der Waals surface area contributed by atoms with E-state index in [2.05, 4.69) is 21.2 Å². The van der Waals surface area contributed by atoms with Crippen molar-refractivity contribution < 1.29 is 13.9 Å². The number of thiophene rings is 1. The topological polar surface area (TPSA) is 38.3 Å². The predicted molar refractivity (Wildman–Crippen MR) is 85.6 cm³/mol. The number of carbonyl (C=O) groups excluding carboxylic acids is 1. The largest absolute Gasteiger partial charge is 0.494 e. The first-order chi connectivity index (χ1) is 9.92. The second-order valence-corrected chi connectivity index (χ2v) is 7.03. The zero-order valence-electron chi connectivity index (χ0n) is 11.9. The van der Waals surface area contributed by atoms with E-state index in [0.29, 0.717) is 10.4 Å². The second kappa shape index (κ2) is 6.58. The molecular weight excluding hydrogens is 357 g/mol. The first-order valence-electron chi connectivity index (χ1n) is 6.32. The molecule has 1 atom stereocenters. The van der Waals surface area contributed by atoms with Crippen LogP contribution in [0.2, 0.25) is 0 Å². The van der Waals surface area contributed by atoms with E-state index >= 15 is 0 Å². The molecule has 1 aromatic carbocycles. The number of aryl methyl sites for hydroxylation is 1. The number of amides is 1. The molecule has 0 spiro atoms. The van der Waals surface area contributed by atoms with E-state index in [4.69, 9.17) is 4.74 Å². The fourth-order valence-corrected chi connectivity index (χ4v) is 3.31. The molecule has 1 heterocycles. The average molecular weight is 372 g/mol. The lowest BCUT2D eigenvalue weighted by atomic mass is 10.1. The maximum Gasteiger partial charge on any atom is 0.261 e. The summed E-state index contributed by atoms with van der Waals surface area (Å²) in [7, 11) is 1.42. The standard InChI is InChI=1S/C15H15BrFNO2S/c1-8-6-13(21-14(8)16)15(19)18-9(2)10-4-5-12(20-3)11(17)7-10/h4-7,9H,1-3H3,(H,18,19). The number of carbonyl (C=O) groups is 1. The summed E-state index contributed by atoms with van der Waals surface area (Å²) in [6.45, 7) is 3.74. The molecule has 0 saturated carbocycles. The van der Waals surface area contributed by atoms with Crippen molar-refractivity contribution >= 4 is 33.2 Å². The highest BCUT2D eigenvalue weighted by atomic mass is 79.9. The maximum absolute atomic E-state index is 13.7. The molecule has 6 heteroatoms. The van der Waals surface area contributed by atoms with Gasteiger partial charge >= 0.3 is 0 Å². The van der Waals surface area contributed by atoms with Gasteiger partial charge in [-0.15, -0.1) is 11.3 Å². The van der Waals surface area contributed by atoms with Crippen molar-refractivity contribution in [1.82, 2.24) is 5.32 Å². The third kappa shape index (κ3) is 3.63. The molecule has 0 radical (unpaired) electrons. The number of methoxy groups -OCH3 is 1. The van der Waals surface area contributed by atoms with Crippen LogP contribution in [0.3, 0.4) is 0 Å². The first-order valence-corrected chi connectivity index (χ1v) is 7.93. The monoisotopic (exact) mass is 371 g/mol. The molecule has 1 aromatic heterocycles. The third-order valence-corrected chi connectivity index (χ3v) is 5.24. The minimum Gasteiger partial charge on any atom is -0.494 e. The van der Waals surface area contributed by atoms with Gasteiger partial charge < -0.3 is 10.1 Å². The summed E-state index contributed by atoms with van der Waals surface area (Å²) >= 11 is 4.78. The van der Waals surface area contributed by atoms with E-state index in [-0.39, 0.29) is 17.7 Å². The van der Waals surface area contributed by atoms with Gasteiger partial charge in [-0.25, -0.2) is 4.39 Å². The summed E-state index contributed by atoms with van der Waals surface area (Å²) < 4.78 is 19.5. The Morgan fingerprint density at radius 2 is 2.14 bits per heavy atom. The Kier molecular flexibility index (Phi) is 5.00. The summed E-state index contributed by atoms with van der Waals surface area (Å²) in [6, 6.07) is 6.20. The van der Waals surface area contributed by atoms with Gasteiger partial charge in [0.15, 0.2) is 11.6 Å². The van der Waals surface area contributed by atoms with Crippen LogP contribution >= 0.6 is 27.3 Å². The number of hydrogen-bond donors (Lipinski definition) is 1. The lowest BCUT2D eigenvalue weighted by Gasteiger charge is -2.14. The van der Waals surface area contributed by atoms with Gasteiger partial charge in [-0.1, -0.05) is 6.07 Å². The molecule has 0 aliphatic rings. The Morgan fingerprint density at radius 1 is 1.43 bits per heavy atom. The van der Waals surface area contributed by atoms with Crippen molar-refractivity contribution in [3.05, 3.63) is 49.9 Å². The van der Waals surface area contributed by atoms with E-state index in [9.17, 15) is 9.18 Å². The highest BCUT2D eigenvalue weighted by Gasteiger charge is 2.16. The highest BCUT2D eigenvalue weighted by molar-refractivity contribution is 9.11. The zero-order chi connectivity index (χ0) is 15.6. The number of nitrogens with one attached hydrogen (secondary N) is 1. The fourth-order valence-electron chi connectivity index (χ4n) is 1.87. The van der Waals surface area contributed by atoms with Gasteiger partial charge in [0, 0.05) is 0 Å². The Hall–Kier alpha value is -1.40. The van der Waals surface area contributed by atoms with Crippen molar-refractivity contribution in [3.63, 3.8) is 0 Å². The molecular formula is C15H15BrFNO2S. The Labute approximate surface area is 135 Å². The molecule has 112 valence electrons. The normalized spacial score (nSPS) is 12.0. The molecule has 0 aliphatic carbocycles. The van der Waals surface area contributed by atoms with Crippen LogP contribution in [-0.4, -0.2) is 13.0 Å². The van der Waals surface area contributed by atoms with Gasteiger partial charge in [-0.2, -0.15) is 0 Å². The van der Waals surface area contributed by atoms with Crippen LogP contribution < -0.4 is 10.1 Å². The molecule has 1 N–H and O–H groups in total. The maximum atomic E-state index is 13.7. The minimum atomic E-state index is -0.439. The van der Waals surface area contributed by atoms with Crippen LogP contribution in [0.4, 0.5) is 4.39 Å². The Balaban J connectivity index is 2.12. The summed E-state index contributed by atoms with van der Waals surface area (Å²) in [4.78, 5) is 12.8. The summed E-state index contributed by atoms with van der Waals surface area (Å²) in [5, 5.41) is 2.86. The van der Waals surface area contributed by atoms with Crippen LogP contribution in [0.5, 0.6) is 5.75 Å². The minimum absolute atomic E-state index is 0.169. The lowest BCUT2D eigenvalue weighted by Crippen LogP contribution is -2.25. The molecule has 1 amide bonds. The quantitative estimate of drug-likeness (QED) is 0.861. The van der Waals surface area contributed by atoms with E-state index in [1.165, 1.54) is 24.5 Å². The first kappa shape index (κ1) is 16.0. The molecule has 0 aliphatic heterocycles. The van der Waals surface area contributed by atoms with Gasteiger partial charge in [0.25, 0.3) is 5.91 Å². The Morgan fingerprint density at radius 3 is 2.67 bits per heavy atom. The van der Waals surface area contributed by atoms with Crippen LogP contribution in [0.25, 0.3) is 0 Å². The molecule has 2 rings (SSSR count). The number of halogens is 2. The fraction of sp³-hybridized carbons (Fsp3) is 0.267.